The summed E-state index contributed by atoms with van der Waals surface area (Å²) in [5, 5.41) is 2.93. The molecule has 0 saturated heterocycles. The molecule has 2 N–H and O–H groups in total. The second kappa shape index (κ2) is 5.80. The Morgan fingerprint density at radius 1 is 1.35 bits per heavy atom. The van der Waals surface area contributed by atoms with Gasteiger partial charge in [-0.15, -0.1) is 11.3 Å². The van der Waals surface area contributed by atoms with Crippen LogP contribution in [-0.4, -0.2) is 4.98 Å². The maximum Gasteiger partial charge on any atom is 0.140 e. The molecular formula is C13H16N2OS. The molecule has 0 spiro atoms. The Hall–Kier alpha value is -1.39. The molecule has 0 fully saturated rings. The highest BCUT2D eigenvalue weighted by Crippen LogP contribution is 2.19. The third-order valence-electron chi connectivity index (χ3n) is 2.59. The van der Waals surface area contributed by atoms with Gasteiger partial charge in [-0.1, -0.05) is 19.1 Å². The van der Waals surface area contributed by atoms with Gasteiger partial charge >= 0.3 is 0 Å². The minimum absolute atomic E-state index is 0.114. The van der Waals surface area contributed by atoms with Crippen molar-refractivity contribution in [1.82, 2.24) is 4.98 Å². The van der Waals surface area contributed by atoms with E-state index in [9.17, 15) is 0 Å². The smallest absolute Gasteiger partial charge is 0.140 e. The number of benzene rings is 1. The minimum Gasteiger partial charge on any atom is -0.486 e. The summed E-state index contributed by atoms with van der Waals surface area (Å²) in [6.07, 6.45) is 2.73. The highest BCUT2D eigenvalue weighted by molar-refractivity contribution is 7.09. The summed E-state index contributed by atoms with van der Waals surface area (Å²) in [6.45, 7) is 2.61. The maximum absolute atomic E-state index is 5.95. The van der Waals surface area contributed by atoms with Crippen LogP contribution in [0.1, 0.15) is 30.0 Å². The van der Waals surface area contributed by atoms with E-state index in [1.54, 1.807) is 17.5 Å². The van der Waals surface area contributed by atoms with Gasteiger partial charge in [0.2, 0.25) is 0 Å². The maximum atomic E-state index is 5.95. The van der Waals surface area contributed by atoms with E-state index in [2.05, 4.69) is 11.9 Å². The molecule has 2 aromatic rings. The van der Waals surface area contributed by atoms with E-state index in [-0.39, 0.29) is 6.04 Å². The van der Waals surface area contributed by atoms with Crippen LogP contribution in [0.5, 0.6) is 5.75 Å². The second-order valence-corrected chi connectivity index (χ2v) is 4.78. The van der Waals surface area contributed by atoms with Gasteiger partial charge in [0, 0.05) is 17.6 Å². The molecular weight excluding hydrogens is 232 g/mol. The molecule has 0 bridgehead atoms. The Bertz CT molecular complexity index is 439. The van der Waals surface area contributed by atoms with Gasteiger partial charge in [-0.3, -0.25) is 0 Å². The normalized spacial score (nSPS) is 12.4. The molecule has 0 unspecified atom stereocenters. The van der Waals surface area contributed by atoms with Gasteiger partial charge in [0.15, 0.2) is 0 Å². The van der Waals surface area contributed by atoms with Gasteiger partial charge in [0.05, 0.1) is 0 Å². The molecule has 0 aliphatic carbocycles. The van der Waals surface area contributed by atoms with E-state index < -0.39 is 0 Å². The van der Waals surface area contributed by atoms with Gasteiger partial charge in [0.25, 0.3) is 0 Å². The highest BCUT2D eigenvalue weighted by atomic mass is 32.1. The number of rotatable bonds is 5. The van der Waals surface area contributed by atoms with Gasteiger partial charge in [-0.05, 0) is 24.1 Å². The summed E-state index contributed by atoms with van der Waals surface area (Å²) in [5.41, 5.74) is 7.09. The molecule has 17 heavy (non-hydrogen) atoms. The van der Waals surface area contributed by atoms with Crippen LogP contribution in [0.25, 0.3) is 0 Å². The Kier molecular flexibility index (Phi) is 4.12. The lowest BCUT2D eigenvalue weighted by atomic mass is 10.1. The molecule has 1 heterocycles. The van der Waals surface area contributed by atoms with Crippen LogP contribution in [0, 0.1) is 0 Å². The van der Waals surface area contributed by atoms with Crippen LogP contribution in [0.4, 0.5) is 0 Å². The fraction of sp³-hybridized carbons (Fsp3) is 0.308. The van der Waals surface area contributed by atoms with Crippen molar-refractivity contribution in [2.75, 3.05) is 0 Å². The SMILES string of the molecule is CC[C@H](N)c1ccc(OCc2nccs2)cc1. The second-order valence-electron chi connectivity index (χ2n) is 3.80. The zero-order valence-corrected chi connectivity index (χ0v) is 10.6. The van der Waals surface area contributed by atoms with Crippen molar-refractivity contribution in [2.45, 2.75) is 26.0 Å². The predicted molar refractivity (Wildman–Crippen MR) is 70.1 cm³/mol. The zero-order valence-electron chi connectivity index (χ0n) is 9.80. The monoisotopic (exact) mass is 248 g/mol. The Labute approximate surface area is 105 Å². The predicted octanol–water partition coefficient (Wildman–Crippen LogP) is 3.13. The standard InChI is InChI=1S/C13H16N2OS/c1-2-12(14)10-3-5-11(6-4-10)16-9-13-15-7-8-17-13/h3-8,12H,2,9,14H2,1H3/t12-/m0/s1. The van der Waals surface area contributed by atoms with Gasteiger partial charge < -0.3 is 10.5 Å². The summed E-state index contributed by atoms with van der Waals surface area (Å²) in [7, 11) is 0. The van der Waals surface area contributed by atoms with Crippen LogP contribution in [0.3, 0.4) is 0 Å². The van der Waals surface area contributed by atoms with E-state index in [0.29, 0.717) is 6.61 Å². The van der Waals surface area contributed by atoms with E-state index >= 15 is 0 Å². The average molecular weight is 248 g/mol. The van der Waals surface area contributed by atoms with Crippen molar-refractivity contribution in [3.05, 3.63) is 46.4 Å². The van der Waals surface area contributed by atoms with Crippen LogP contribution in [0.15, 0.2) is 35.8 Å². The number of nitrogens with zero attached hydrogens (tertiary/aromatic N) is 1. The average Bonchev–Trinajstić information content (AvgIpc) is 2.89. The summed E-state index contributed by atoms with van der Waals surface area (Å²) < 4.78 is 5.63. The topological polar surface area (TPSA) is 48.1 Å². The number of ether oxygens (including phenoxy) is 1. The quantitative estimate of drug-likeness (QED) is 0.884. The largest absolute Gasteiger partial charge is 0.486 e. The van der Waals surface area contributed by atoms with Crippen LogP contribution >= 0.6 is 11.3 Å². The lowest BCUT2D eigenvalue weighted by Gasteiger charge is -2.10. The lowest BCUT2D eigenvalue weighted by Crippen LogP contribution is -2.08. The molecule has 4 heteroatoms. The zero-order chi connectivity index (χ0) is 12.1. The summed E-state index contributed by atoms with van der Waals surface area (Å²) >= 11 is 1.60. The number of thiazole rings is 1. The molecule has 1 aromatic heterocycles. The third kappa shape index (κ3) is 3.28. The Morgan fingerprint density at radius 3 is 2.71 bits per heavy atom. The first-order chi connectivity index (χ1) is 8.29. The first-order valence-electron chi connectivity index (χ1n) is 5.66. The molecule has 1 atom stereocenters. The molecule has 2 rings (SSSR count). The van der Waals surface area contributed by atoms with Gasteiger partial charge in [-0.2, -0.15) is 0 Å². The van der Waals surface area contributed by atoms with Crippen molar-refractivity contribution in [3.8, 4) is 5.75 Å². The fourth-order valence-corrected chi connectivity index (χ4v) is 2.04. The first kappa shape index (κ1) is 12.1. The molecule has 0 radical (unpaired) electrons. The van der Waals surface area contributed by atoms with Crippen LogP contribution in [0.2, 0.25) is 0 Å². The summed E-state index contributed by atoms with van der Waals surface area (Å²) in [4.78, 5) is 4.16. The van der Waals surface area contributed by atoms with E-state index in [4.69, 9.17) is 10.5 Å². The Morgan fingerprint density at radius 2 is 2.12 bits per heavy atom. The van der Waals surface area contributed by atoms with E-state index in [1.165, 1.54) is 0 Å². The third-order valence-corrected chi connectivity index (χ3v) is 3.35. The molecule has 0 saturated carbocycles. The van der Waals surface area contributed by atoms with Crippen molar-refractivity contribution in [2.24, 2.45) is 5.73 Å². The van der Waals surface area contributed by atoms with Crippen LogP contribution in [-0.2, 0) is 6.61 Å². The van der Waals surface area contributed by atoms with Crippen LogP contribution < -0.4 is 10.5 Å². The first-order valence-corrected chi connectivity index (χ1v) is 6.54. The van der Waals surface area contributed by atoms with E-state index in [1.807, 2.05) is 29.6 Å². The molecule has 0 aliphatic rings. The summed E-state index contributed by atoms with van der Waals surface area (Å²) in [5.74, 6) is 0.854. The highest BCUT2D eigenvalue weighted by Gasteiger charge is 2.03. The number of aromatic nitrogens is 1. The van der Waals surface area contributed by atoms with Crippen molar-refractivity contribution >= 4 is 11.3 Å². The van der Waals surface area contributed by atoms with Crippen molar-refractivity contribution < 1.29 is 4.74 Å². The molecule has 3 nitrogen and oxygen atoms in total. The van der Waals surface area contributed by atoms with Gasteiger partial charge in [0.1, 0.15) is 17.4 Å². The number of nitrogens with two attached hydrogens (primary N) is 1. The number of hydrogen-bond acceptors (Lipinski definition) is 4. The minimum atomic E-state index is 0.114. The molecule has 1 aromatic carbocycles. The number of hydrogen-bond donors (Lipinski definition) is 1. The van der Waals surface area contributed by atoms with Crippen molar-refractivity contribution in [1.29, 1.82) is 0 Å². The fourth-order valence-electron chi connectivity index (χ4n) is 1.52. The Balaban J connectivity index is 1.94. The molecule has 0 aliphatic heterocycles. The summed E-state index contributed by atoms with van der Waals surface area (Å²) in [6, 6.07) is 8.07. The van der Waals surface area contributed by atoms with Gasteiger partial charge in [-0.25, -0.2) is 4.98 Å². The molecule has 90 valence electrons. The lowest BCUT2D eigenvalue weighted by molar-refractivity contribution is 0.305. The molecule has 0 amide bonds. The van der Waals surface area contributed by atoms with E-state index in [0.717, 1.165) is 22.7 Å². The van der Waals surface area contributed by atoms with Crippen molar-refractivity contribution in [3.63, 3.8) is 0 Å².